The number of rotatable bonds is 7. The lowest BCUT2D eigenvalue weighted by molar-refractivity contribution is 0.0955. The van der Waals surface area contributed by atoms with Crippen LogP contribution in [0.25, 0.3) is 0 Å². The number of methoxy groups -OCH3 is 1. The van der Waals surface area contributed by atoms with Gasteiger partial charge in [0.05, 0.1) is 19.2 Å². The molecule has 0 aromatic heterocycles. The van der Waals surface area contributed by atoms with E-state index in [0.29, 0.717) is 16.5 Å². The van der Waals surface area contributed by atoms with Crippen molar-refractivity contribution in [2.75, 3.05) is 19.4 Å². The Bertz CT molecular complexity index is 759. The zero-order valence-corrected chi connectivity index (χ0v) is 16.7. The van der Waals surface area contributed by atoms with Gasteiger partial charge in [0.1, 0.15) is 11.6 Å². The smallest absolute Gasteiger partial charge is 0.251 e. The molecule has 0 saturated carbocycles. The predicted molar refractivity (Wildman–Crippen MR) is 110 cm³/mol. The second-order valence-corrected chi connectivity index (χ2v) is 7.51. The van der Waals surface area contributed by atoms with E-state index in [4.69, 9.17) is 10.5 Å². The van der Waals surface area contributed by atoms with E-state index in [1.807, 2.05) is 13.8 Å². The molecule has 7 heteroatoms. The molecule has 0 saturated heterocycles. The first kappa shape index (κ1) is 21.0. The second kappa shape index (κ2) is 9.60. The van der Waals surface area contributed by atoms with Crippen LogP contribution in [-0.2, 0) is 0 Å². The largest absolute Gasteiger partial charge is 0.497 e. The summed E-state index contributed by atoms with van der Waals surface area (Å²) in [4.78, 5) is 16.6. The van der Waals surface area contributed by atoms with Crippen LogP contribution in [0.3, 0.4) is 0 Å². The summed E-state index contributed by atoms with van der Waals surface area (Å²) >= 11 is 1.54. The summed E-state index contributed by atoms with van der Waals surface area (Å²) in [5.41, 5.74) is 6.92. The number of amidine groups is 1. The fraction of sp³-hybridized carbons (Fsp3) is 0.400. The molecule has 146 valence electrons. The number of hydrogen-bond donors (Lipinski definition) is 2. The van der Waals surface area contributed by atoms with Crippen molar-refractivity contribution in [1.82, 2.24) is 5.32 Å². The number of nitrogens with zero attached hydrogens (tertiary/aromatic N) is 1. The molecule has 1 aliphatic rings. The van der Waals surface area contributed by atoms with E-state index in [1.165, 1.54) is 17.8 Å². The Balaban J connectivity index is 2.00. The van der Waals surface area contributed by atoms with Crippen molar-refractivity contribution >= 4 is 22.8 Å². The number of carbonyl (C=O) groups is 1. The molecule has 5 nitrogen and oxygen atoms in total. The number of nitrogens with two attached hydrogens (primary N) is 1. The topological polar surface area (TPSA) is 76.7 Å². The molecule has 0 aliphatic carbocycles. The number of carbonyl (C=O) groups excluding carboxylic acids is 1. The molecule has 1 aromatic carbocycles. The summed E-state index contributed by atoms with van der Waals surface area (Å²) < 4.78 is 19.2. The van der Waals surface area contributed by atoms with Gasteiger partial charge in [0, 0.05) is 11.3 Å². The summed E-state index contributed by atoms with van der Waals surface area (Å²) in [6.07, 6.45) is 4.76. The average molecular weight is 392 g/mol. The number of halogens is 1. The van der Waals surface area contributed by atoms with Crippen molar-refractivity contribution in [3.8, 4) is 5.75 Å². The molecule has 1 atom stereocenters. The summed E-state index contributed by atoms with van der Waals surface area (Å²) in [5.74, 6) is 0.795. The summed E-state index contributed by atoms with van der Waals surface area (Å²) in [7, 11) is 1.56. The number of nitrogens with one attached hydrogen (secondary N) is 1. The Morgan fingerprint density at radius 2 is 2.11 bits per heavy atom. The molecule has 2 rings (SSSR count). The van der Waals surface area contributed by atoms with E-state index in [9.17, 15) is 9.18 Å². The summed E-state index contributed by atoms with van der Waals surface area (Å²) in [5, 5.41) is 3.14. The quantitative estimate of drug-likeness (QED) is 0.693. The maximum atomic E-state index is 14.2. The Morgan fingerprint density at radius 3 is 2.70 bits per heavy atom. The fourth-order valence-corrected chi connectivity index (χ4v) is 3.83. The molecule has 27 heavy (non-hydrogen) atoms. The molecule has 0 bridgehead atoms. The Labute approximate surface area is 164 Å². The highest BCUT2D eigenvalue weighted by molar-refractivity contribution is 8.13. The van der Waals surface area contributed by atoms with Gasteiger partial charge in [-0.2, -0.15) is 0 Å². The lowest BCUT2D eigenvalue weighted by atomic mass is 9.87. The van der Waals surface area contributed by atoms with Gasteiger partial charge in [-0.05, 0) is 55.7 Å². The lowest BCUT2D eigenvalue weighted by Crippen LogP contribution is -2.32. The van der Waals surface area contributed by atoms with Crippen molar-refractivity contribution in [3.63, 3.8) is 0 Å². The first-order chi connectivity index (χ1) is 12.9. The predicted octanol–water partition coefficient (Wildman–Crippen LogP) is 3.83. The first-order valence-electron chi connectivity index (χ1n) is 8.84. The van der Waals surface area contributed by atoms with E-state index in [0.717, 1.165) is 24.2 Å². The third-order valence-electron chi connectivity index (χ3n) is 4.50. The molecule has 3 N–H and O–H groups in total. The zero-order chi connectivity index (χ0) is 19.9. The molecular formula is C20H26FN3O2S. The van der Waals surface area contributed by atoms with E-state index in [-0.39, 0.29) is 12.5 Å². The number of allylic oxidation sites excluding steroid dienone is 2. The normalized spacial score (nSPS) is 20.8. The molecular weight excluding hydrogens is 365 g/mol. The van der Waals surface area contributed by atoms with Crippen molar-refractivity contribution in [1.29, 1.82) is 0 Å². The Hall–Kier alpha value is -2.28. The van der Waals surface area contributed by atoms with Gasteiger partial charge >= 0.3 is 0 Å². The highest BCUT2D eigenvalue weighted by Crippen LogP contribution is 2.33. The number of thioether (sulfide) groups is 1. The zero-order valence-electron chi connectivity index (χ0n) is 15.9. The molecule has 1 amide bonds. The molecule has 0 fully saturated rings. The van der Waals surface area contributed by atoms with E-state index < -0.39 is 11.4 Å². The van der Waals surface area contributed by atoms with Gasteiger partial charge in [0.25, 0.3) is 5.91 Å². The SMILES string of the molecule is CC/C(=C\C=C(\F)CNC(=O)c1ccc(OC)cc1)C1(C)CCSC(N)=N1. The van der Waals surface area contributed by atoms with Crippen LogP contribution in [-0.4, -0.2) is 36.0 Å². The average Bonchev–Trinajstić information content (AvgIpc) is 2.66. The maximum Gasteiger partial charge on any atom is 0.251 e. The monoisotopic (exact) mass is 391 g/mol. The summed E-state index contributed by atoms with van der Waals surface area (Å²) in [6.45, 7) is 3.87. The standard InChI is InChI=1S/C20H26FN3O2S/c1-4-15(20(2)11-12-27-19(22)24-20)7-8-16(21)13-23-18(25)14-5-9-17(26-3)10-6-14/h5-10H,4,11-13H2,1-3H3,(H2,22,24)(H,23,25)/b15-7+,16-8+. The van der Waals surface area contributed by atoms with E-state index in [1.54, 1.807) is 37.5 Å². The molecule has 0 spiro atoms. The van der Waals surface area contributed by atoms with Crippen LogP contribution in [0.2, 0.25) is 0 Å². The van der Waals surface area contributed by atoms with Crippen LogP contribution in [0.4, 0.5) is 4.39 Å². The van der Waals surface area contributed by atoms with Gasteiger partial charge in [-0.1, -0.05) is 24.8 Å². The van der Waals surface area contributed by atoms with Crippen LogP contribution < -0.4 is 15.8 Å². The Kier molecular flexibility index (Phi) is 7.47. The van der Waals surface area contributed by atoms with Gasteiger partial charge in [-0.15, -0.1) is 0 Å². The minimum Gasteiger partial charge on any atom is -0.497 e. The fourth-order valence-electron chi connectivity index (χ4n) is 2.86. The molecule has 0 radical (unpaired) electrons. The number of aliphatic imine (C=N–C) groups is 1. The van der Waals surface area contributed by atoms with Gasteiger partial charge < -0.3 is 15.8 Å². The second-order valence-electron chi connectivity index (χ2n) is 6.39. The highest BCUT2D eigenvalue weighted by atomic mass is 32.2. The van der Waals surface area contributed by atoms with Crippen LogP contribution in [0.1, 0.15) is 37.0 Å². The molecule has 1 heterocycles. The highest BCUT2D eigenvalue weighted by Gasteiger charge is 2.30. The van der Waals surface area contributed by atoms with Crippen LogP contribution >= 0.6 is 11.8 Å². The third kappa shape index (κ3) is 5.85. The minimum atomic E-state index is -0.423. The third-order valence-corrected chi connectivity index (χ3v) is 5.30. The summed E-state index contributed by atoms with van der Waals surface area (Å²) in [6, 6.07) is 6.64. The minimum absolute atomic E-state index is 0.170. The first-order valence-corrected chi connectivity index (χ1v) is 9.82. The van der Waals surface area contributed by atoms with Crippen LogP contribution in [0.5, 0.6) is 5.75 Å². The van der Waals surface area contributed by atoms with Crippen molar-refractivity contribution in [2.45, 2.75) is 32.2 Å². The van der Waals surface area contributed by atoms with Gasteiger partial charge in [-0.25, -0.2) is 4.39 Å². The van der Waals surface area contributed by atoms with Gasteiger partial charge in [-0.3, -0.25) is 9.79 Å². The Morgan fingerprint density at radius 1 is 1.41 bits per heavy atom. The van der Waals surface area contributed by atoms with Crippen molar-refractivity contribution < 1.29 is 13.9 Å². The van der Waals surface area contributed by atoms with Crippen molar-refractivity contribution in [2.24, 2.45) is 10.7 Å². The number of benzene rings is 1. The molecule has 1 aliphatic heterocycles. The van der Waals surface area contributed by atoms with Gasteiger partial charge in [0.15, 0.2) is 5.17 Å². The van der Waals surface area contributed by atoms with E-state index >= 15 is 0 Å². The number of ether oxygens (including phenoxy) is 1. The van der Waals surface area contributed by atoms with Crippen LogP contribution in [0, 0.1) is 0 Å². The van der Waals surface area contributed by atoms with Crippen molar-refractivity contribution in [3.05, 3.63) is 53.4 Å². The van der Waals surface area contributed by atoms with E-state index in [2.05, 4.69) is 10.3 Å². The number of hydrogen-bond acceptors (Lipinski definition) is 5. The van der Waals surface area contributed by atoms with Gasteiger partial charge in [0.2, 0.25) is 0 Å². The number of amides is 1. The molecule has 1 unspecified atom stereocenters. The van der Waals surface area contributed by atoms with Crippen LogP contribution in [0.15, 0.2) is 52.8 Å². The lowest BCUT2D eigenvalue weighted by Gasteiger charge is -2.31. The maximum absolute atomic E-state index is 14.2. The molecule has 1 aromatic rings.